The minimum Gasteiger partial charge on any atom is -0.383 e. The molecule has 4 aliphatic rings. The summed E-state index contributed by atoms with van der Waals surface area (Å²) in [6, 6.07) is 6.30. The Kier molecular flexibility index (Phi) is 4.29. The number of benzene rings is 1. The van der Waals surface area contributed by atoms with Gasteiger partial charge in [-0.05, 0) is 50.5 Å². The number of nitrogen functional groups attached to an aromatic ring is 1. The molecule has 0 aliphatic heterocycles. The smallest absolute Gasteiger partial charge is 0.231 e. The van der Waals surface area contributed by atoms with Crippen molar-refractivity contribution in [1.82, 2.24) is 14.9 Å². The molecule has 4 saturated carbocycles. The number of carbonyl (C=O) groups excluding carboxylic acids is 1. The van der Waals surface area contributed by atoms with Crippen LogP contribution in [0.3, 0.4) is 0 Å². The lowest BCUT2D eigenvalue weighted by atomic mass is 9.35. The number of nitrogens with two attached hydrogens (primary N) is 1. The van der Waals surface area contributed by atoms with Crippen molar-refractivity contribution < 1.29 is 18.1 Å². The molecule has 7 rings (SSSR count). The maximum Gasteiger partial charge on any atom is 0.231 e. The Bertz CT molecular complexity index is 1420. The van der Waals surface area contributed by atoms with E-state index >= 15 is 4.39 Å². The van der Waals surface area contributed by atoms with Crippen LogP contribution < -0.4 is 11.1 Å². The number of hydrogen-bond acceptors (Lipinski definition) is 6. The average molecular weight is 479 g/mol. The summed E-state index contributed by atoms with van der Waals surface area (Å²) in [6.07, 6.45) is 4.46. The minimum atomic E-state index is -1.18. The van der Waals surface area contributed by atoms with Gasteiger partial charge in [0, 0.05) is 22.6 Å². The van der Waals surface area contributed by atoms with Crippen LogP contribution in [0, 0.1) is 28.4 Å². The van der Waals surface area contributed by atoms with Crippen molar-refractivity contribution in [2.45, 2.75) is 63.3 Å². The topological polar surface area (TPSA) is 123 Å². The zero-order chi connectivity index (χ0) is 24.8. The lowest BCUT2D eigenvalue weighted by molar-refractivity contribution is -0.129. The summed E-state index contributed by atoms with van der Waals surface area (Å²) in [4.78, 5) is 12.5. The molecule has 1 amide bonds. The molecule has 35 heavy (non-hydrogen) atoms. The Morgan fingerprint density at radius 2 is 1.97 bits per heavy atom. The lowest BCUT2D eigenvalue weighted by Gasteiger charge is -2.68. The number of hydrogen-bond donors (Lipinski definition) is 2. The van der Waals surface area contributed by atoms with E-state index in [0.717, 1.165) is 37.8 Å². The molecule has 180 valence electrons. The van der Waals surface area contributed by atoms with Gasteiger partial charge in [-0.2, -0.15) is 10.4 Å². The Balaban J connectivity index is 1.20. The molecule has 2 heterocycles. The second-order valence-electron chi connectivity index (χ2n) is 11.0. The van der Waals surface area contributed by atoms with Gasteiger partial charge >= 0.3 is 0 Å². The molecule has 0 saturated heterocycles. The number of rotatable bonds is 6. The van der Waals surface area contributed by atoms with Crippen molar-refractivity contribution in [3.05, 3.63) is 46.7 Å². The third kappa shape index (κ3) is 3.17. The SMILES string of the molecule is CC12CC(c3cc(NC(=O)Cc4ccc(-c5nn(C6(C)CC6)c(N)c5C#N)c(F)c4F)on3)(C1)C2. The molecule has 3 aromatic rings. The van der Waals surface area contributed by atoms with Gasteiger partial charge in [-0.15, -0.1) is 0 Å². The zero-order valence-electron chi connectivity index (χ0n) is 19.4. The maximum absolute atomic E-state index is 15.1. The number of aromatic nitrogens is 3. The van der Waals surface area contributed by atoms with Gasteiger partial charge in [0.2, 0.25) is 11.8 Å². The Hall–Kier alpha value is -3.74. The fourth-order valence-electron chi connectivity index (χ4n) is 5.95. The standard InChI is InChI=1S/C25H24F2N6O2/c1-23-10-25(11-23,12-23)16-8-18(35-32-16)30-17(34)7-13-3-4-14(20(27)19(13)26)21-15(9-28)22(29)33(31-21)24(2)5-6-24/h3-4,8H,5-7,10-12,29H2,1-2H3,(H,30,34). The van der Waals surface area contributed by atoms with E-state index in [9.17, 15) is 14.4 Å². The highest BCUT2D eigenvalue weighted by atomic mass is 19.2. The lowest BCUT2D eigenvalue weighted by Crippen LogP contribution is -2.62. The second kappa shape index (κ2) is 6.90. The summed E-state index contributed by atoms with van der Waals surface area (Å²) >= 11 is 0. The molecule has 0 unspecified atom stereocenters. The van der Waals surface area contributed by atoms with Crippen molar-refractivity contribution in [3.8, 4) is 17.3 Å². The molecule has 0 radical (unpaired) electrons. The van der Waals surface area contributed by atoms with E-state index in [4.69, 9.17) is 10.3 Å². The molecule has 2 aromatic heterocycles. The van der Waals surface area contributed by atoms with Gasteiger partial charge in [0.1, 0.15) is 23.1 Å². The van der Waals surface area contributed by atoms with Gasteiger partial charge in [0.15, 0.2) is 11.6 Å². The molecule has 0 atom stereocenters. The van der Waals surface area contributed by atoms with E-state index in [1.807, 2.05) is 13.0 Å². The number of carbonyl (C=O) groups is 1. The molecule has 2 bridgehead atoms. The highest BCUT2D eigenvalue weighted by molar-refractivity contribution is 5.91. The number of anilines is 2. The third-order valence-electron chi connectivity index (χ3n) is 7.90. The Morgan fingerprint density at radius 1 is 1.26 bits per heavy atom. The van der Waals surface area contributed by atoms with Crippen LogP contribution in [0.15, 0.2) is 22.7 Å². The summed E-state index contributed by atoms with van der Waals surface area (Å²) in [5, 5.41) is 20.6. The van der Waals surface area contributed by atoms with Gasteiger partial charge in [-0.3, -0.25) is 10.1 Å². The van der Waals surface area contributed by atoms with E-state index in [1.165, 1.54) is 16.8 Å². The van der Waals surface area contributed by atoms with E-state index < -0.39 is 24.0 Å². The number of nitrogens with one attached hydrogen (secondary N) is 1. The van der Waals surface area contributed by atoms with Gasteiger partial charge < -0.3 is 10.3 Å². The van der Waals surface area contributed by atoms with Crippen LogP contribution in [0.4, 0.5) is 20.5 Å². The number of nitriles is 1. The minimum absolute atomic E-state index is 0.000693. The Morgan fingerprint density at radius 3 is 2.60 bits per heavy atom. The van der Waals surface area contributed by atoms with Crippen LogP contribution >= 0.6 is 0 Å². The van der Waals surface area contributed by atoms with Crippen LogP contribution in [0.5, 0.6) is 0 Å². The molecule has 4 fully saturated rings. The van der Waals surface area contributed by atoms with E-state index in [0.29, 0.717) is 5.41 Å². The van der Waals surface area contributed by atoms with E-state index in [1.54, 1.807) is 6.07 Å². The molecule has 3 N–H and O–H groups in total. The molecule has 4 aliphatic carbocycles. The summed E-state index contributed by atoms with van der Waals surface area (Å²) in [5.41, 5.74) is 6.73. The predicted octanol–water partition coefficient (Wildman–Crippen LogP) is 4.40. The average Bonchev–Trinajstić information content (AvgIpc) is 3.19. The number of halogens is 2. The molecule has 0 spiro atoms. The highest BCUT2D eigenvalue weighted by Crippen LogP contribution is 2.73. The van der Waals surface area contributed by atoms with Crippen molar-refractivity contribution in [3.63, 3.8) is 0 Å². The van der Waals surface area contributed by atoms with Gasteiger partial charge in [-0.1, -0.05) is 18.1 Å². The van der Waals surface area contributed by atoms with Gasteiger partial charge in [0.25, 0.3) is 0 Å². The first-order valence-corrected chi connectivity index (χ1v) is 11.6. The predicted molar refractivity (Wildman–Crippen MR) is 122 cm³/mol. The monoisotopic (exact) mass is 478 g/mol. The highest BCUT2D eigenvalue weighted by Gasteiger charge is 2.66. The largest absolute Gasteiger partial charge is 0.383 e. The maximum atomic E-state index is 15.1. The Labute approximate surface area is 200 Å². The molecular formula is C25H24F2N6O2. The van der Waals surface area contributed by atoms with Gasteiger partial charge in [0.05, 0.1) is 17.7 Å². The first-order valence-electron chi connectivity index (χ1n) is 11.6. The quantitative estimate of drug-likeness (QED) is 0.541. The van der Waals surface area contributed by atoms with Gasteiger partial charge in [-0.25, -0.2) is 13.5 Å². The molecule has 10 heteroatoms. The van der Waals surface area contributed by atoms with E-state index in [2.05, 4.69) is 22.5 Å². The molecule has 8 nitrogen and oxygen atoms in total. The third-order valence-corrected chi connectivity index (χ3v) is 7.90. The van der Waals surface area contributed by atoms with Crippen molar-refractivity contribution >= 4 is 17.6 Å². The van der Waals surface area contributed by atoms with Crippen molar-refractivity contribution in [1.29, 1.82) is 5.26 Å². The number of amides is 1. The zero-order valence-corrected chi connectivity index (χ0v) is 19.4. The normalized spacial score (nSPS) is 25.3. The fourth-order valence-corrected chi connectivity index (χ4v) is 5.95. The second-order valence-corrected chi connectivity index (χ2v) is 11.0. The molecular weight excluding hydrogens is 454 g/mol. The van der Waals surface area contributed by atoms with Crippen LogP contribution in [-0.2, 0) is 22.2 Å². The first kappa shape index (κ1) is 21.8. The van der Waals surface area contributed by atoms with Crippen LogP contribution in [0.1, 0.15) is 62.8 Å². The summed E-state index contributed by atoms with van der Waals surface area (Å²) in [6.45, 7) is 4.18. The van der Waals surface area contributed by atoms with Crippen molar-refractivity contribution in [2.75, 3.05) is 11.1 Å². The van der Waals surface area contributed by atoms with Crippen LogP contribution in [-0.4, -0.2) is 20.8 Å². The summed E-state index contributed by atoms with van der Waals surface area (Å²) < 4.78 is 36.8. The summed E-state index contributed by atoms with van der Waals surface area (Å²) in [7, 11) is 0. The van der Waals surface area contributed by atoms with Crippen LogP contribution in [0.2, 0.25) is 0 Å². The van der Waals surface area contributed by atoms with E-state index in [-0.39, 0.29) is 45.0 Å². The summed E-state index contributed by atoms with van der Waals surface area (Å²) in [5.74, 6) is -2.60. The van der Waals surface area contributed by atoms with Crippen molar-refractivity contribution in [2.24, 2.45) is 5.41 Å². The van der Waals surface area contributed by atoms with Crippen LogP contribution in [0.25, 0.3) is 11.3 Å². The number of nitrogens with zero attached hydrogens (tertiary/aromatic N) is 4. The molecule has 1 aromatic carbocycles. The fraction of sp³-hybridized carbons (Fsp3) is 0.440. The first-order chi connectivity index (χ1) is 16.6.